The molecular formula is C23H32O2. The molecule has 2 nitrogen and oxygen atoms in total. The number of rotatable bonds is 4. The van der Waals surface area contributed by atoms with Crippen LogP contribution in [-0.4, -0.2) is 11.6 Å². The molecule has 0 amide bonds. The first-order valence-corrected chi connectivity index (χ1v) is 8.98. The molecule has 2 aromatic carbocycles. The van der Waals surface area contributed by atoms with E-state index in [2.05, 4.69) is 45.0 Å². The van der Waals surface area contributed by atoms with Crippen LogP contribution in [0.5, 0.6) is 0 Å². The fourth-order valence-electron chi connectivity index (χ4n) is 1.80. The minimum atomic E-state index is 0.132. The number of carbonyl (C=O) groups excluding carboxylic acids is 2. The lowest BCUT2D eigenvalue weighted by Crippen LogP contribution is -1.91. The molecule has 0 N–H and O–H groups in total. The van der Waals surface area contributed by atoms with Crippen molar-refractivity contribution in [2.45, 2.75) is 60.8 Å². The quantitative estimate of drug-likeness (QED) is 0.640. The van der Waals surface area contributed by atoms with E-state index >= 15 is 0 Å². The highest BCUT2D eigenvalue weighted by atomic mass is 16.1. The fraction of sp³-hybridized carbons (Fsp3) is 0.391. The van der Waals surface area contributed by atoms with Crippen LogP contribution in [0.15, 0.2) is 48.5 Å². The van der Waals surface area contributed by atoms with E-state index in [0.29, 0.717) is 6.42 Å². The van der Waals surface area contributed by atoms with Gasteiger partial charge in [-0.05, 0) is 44.7 Å². The maximum absolute atomic E-state index is 10.8. The van der Waals surface area contributed by atoms with E-state index in [1.165, 1.54) is 16.7 Å². The third kappa shape index (κ3) is 11.0. The standard InChI is InChI=1S/C10H12O.C9H12.C4H8O/c1-3-9-4-6-10(7-5-9)8(2)11;1-3-9-6-4-8(2)5-7-9;1-3-4(2)5/h4-7H,3H2,1-2H3;4-7H,3H2,1-2H3;3H2,1-2H3. The molecule has 0 heterocycles. The largest absolute Gasteiger partial charge is 0.300 e. The average Bonchev–Trinajstić information content (AvgIpc) is 2.63. The van der Waals surface area contributed by atoms with Crippen molar-refractivity contribution >= 4 is 11.6 Å². The van der Waals surface area contributed by atoms with E-state index in [1.54, 1.807) is 13.8 Å². The summed E-state index contributed by atoms with van der Waals surface area (Å²) in [6, 6.07) is 16.4. The summed E-state index contributed by atoms with van der Waals surface area (Å²) in [6.07, 6.45) is 2.83. The smallest absolute Gasteiger partial charge is 0.159 e. The first-order valence-electron chi connectivity index (χ1n) is 8.98. The molecule has 2 heteroatoms. The Labute approximate surface area is 153 Å². The number of hydrogen-bond donors (Lipinski definition) is 0. The molecular weight excluding hydrogens is 308 g/mol. The number of Topliss-reactive ketones (excluding diaryl/α,β-unsaturated/α-hetero) is 2. The molecule has 0 aliphatic rings. The van der Waals surface area contributed by atoms with Gasteiger partial charge in [0.05, 0.1) is 0 Å². The van der Waals surface area contributed by atoms with E-state index in [0.717, 1.165) is 18.4 Å². The molecule has 25 heavy (non-hydrogen) atoms. The van der Waals surface area contributed by atoms with Crippen molar-refractivity contribution in [3.05, 3.63) is 70.8 Å². The number of ketones is 2. The second kappa shape index (κ2) is 13.1. The highest BCUT2D eigenvalue weighted by molar-refractivity contribution is 5.93. The molecule has 0 spiro atoms. The molecule has 0 aliphatic carbocycles. The highest BCUT2D eigenvalue weighted by Gasteiger charge is 1.96. The van der Waals surface area contributed by atoms with Gasteiger partial charge in [-0.15, -0.1) is 0 Å². The summed E-state index contributed by atoms with van der Waals surface area (Å²) in [6.45, 7) is 11.4. The van der Waals surface area contributed by atoms with Crippen molar-refractivity contribution in [1.29, 1.82) is 0 Å². The van der Waals surface area contributed by atoms with Crippen molar-refractivity contribution in [2.24, 2.45) is 0 Å². The van der Waals surface area contributed by atoms with E-state index in [9.17, 15) is 9.59 Å². The minimum absolute atomic E-state index is 0.132. The van der Waals surface area contributed by atoms with Crippen molar-refractivity contribution in [3.8, 4) is 0 Å². The van der Waals surface area contributed by atoms with Gasteiger partial charge in [0, 0.05) is 12.0 Å². The van der Waals surface area contributed by atoms with Crippen molar-refractivity contribution in [2.75, 3.05) is 0 Å². The molecule has 136 valence electrons. The van der Waals surface area contributed by atoms with Gasteiger partial charge in [-0.3, -0.25) is 4.79 Å². The lowest BCUT2D eigenvalue weighted by Gasteiger charge is -1.97. The Balaban J connectivity index is 0.000000372. The summed E-state index contributed by atoms with van der Waals surface area (Å²) >= 11 is 0. The summed E-state index contributed by atoms with van der Waals surface area (Å²) in [5, 5.41) is 0. The van der Waals surface area contributed by atoms with Crippen LogP contribution >= 0.6 is 0 Å². The number of benzene rings is 2. The van der Waals surface area contributed by atoms with Gasteiger partial charge in [-0.2, -0.15) is 0 Å². The Morgan fingerprint density at radius 1 is 0.720 bits per heavy atom. The second-order valence-corrected chi connectivity index (χ2v) is 6.00. The summed E-state index contributed by atoms with van der Waals surface area (Å²) in [5.74, 6) is 0.387. The highest BCUT2D eigenvalue weighted by Crippen LogP contribution is 2.05. The van der Waals surface area contributed by atoms with E-state index in [4.69, 9.17) is 0 Å². The summed E-state index contributed by atoms with van der Waals surface area (Å²) < 4.78 is 0. The molecule has 0 atom stereocenters. The van der Waals surface area contributed by atoms with E-state index in [-0.39, 0.29) is 11.6 Å². The molecule has 0 radical (unpaired) electrons. The predicted octanol–water partition coefficient (Wildman–Crippen LogP) is 5.99. The van der Waals surface area contributed by atoms with Crippen molar-refractivity contribution in [3.63, 3.8) is 0 Å². The number of aryl methyl sites for hydroxylation is 3. The van der Waals surface area contributed by atoms with Crippen LogP contribution in [0.25, 0.3) is 0 Å². The average molecular weight is 341 g/mol. The molecule has 0 saturated carbocycles. The van der Waals surface area contributed by atoms with Crippen LogP contribution in [0.1, 0.15) is 68.1 Å². The molecule has 0 bridgehead atoms. The fourth-order valence-corrected chi connectivity index (χ4v) is 1.80. The third-order valence-corrected chi connectivity index (χ3v) is 3.80. The zero-order chi connectivity index (χ0) is 19.2. The van der Waals surface area contributed by atoms with Crippen LogP contribution < -0.4 is 0 Å². The van der Waals surface area contributed by atoms with Crippen LogP contribution in [0.2, 0.25) is 0 Å². The first-order chi connectivity index (χ1) is 11.8. The molecule has 0 aliphatic heterocycles. The lowest BCUT2D eigenvalue weighted by atomic mass is 10.1. The summed E-state index contributed by atoms with van der Waals surface area (Å²) in [4.78, 5) is 20.7. The summed E-state index contributed by atoms with van der Waals surface area (Å²) in [5.41, 5.74) is 4.82. The van der Waals surface area contributed by atoms with Crippen molar-refractivity contribution < 1.29 is 9.59 Å². The van der Waals surface area contributed by atoms with Crippen LogP contribution in [-0.2, 0) is 17.6 Å². The lowest BCUT2D eigenvalue weighted by molar-refractivity contribution is -0.116. The SMILES string of the molecule is CCC(C)=O.CCc1ccc(C(C)=O)cc1.CCc1ccc(C)cc1. The van der Waals surface area contributed by atoms with Crippen molar-refractivity contribution in [1.82, 2.24) is 0 Å². The molecule has 0 aromatic heterocycles. The van der Waals surface area contributed by atoms with Gasteiger partial charge in [0.15, 0.2) is 5.78 Å². The zero-order valence-electron chi connectivity index (χ0n) is 16.6. The van der Waals surface area contributed by atoms with E-state index in [1.807, 2.05) is 31.2 Å². The molecule has 0 saturated heterocycles. The Morgan fingerprint density at radius 2 is 1.08 bits per heavy atom. The van der Waals surface area contributed by atoms with Gasteiger partial charge < -0.3 is 4.79 Å². The monoisotopic (exact) mass is 340 g/mol. The molecule has 2 rings (SSSR count). The zero-order valence-corrected chi connectivity index (χ0v) is 16.6. The maximum atomic E-state index is 10.8. The topological polar surface area (TPSA) is 34.1 Å². The van der Waals surface area contributed by atoms with Crippen LogP contribution in [0, 0.1) is 6.92 Å². The van der Waals surface area contributed by atoms with Gasteiger partial charge in [-0.1, -0.05) is 74.9 Å². The Morgan fingerprint density at radius 3 is 1.36 bits per heavy atom. The predicted molar refractivity (Wildman–Crippen MR) is 107 cm³/mol. The first kappa shape index (κ1) is 22.8. The number of hydrogen-bond acceptors (Lipinski definition) is 2. The van der Waals surface area contributed by atoms with E-state index < -0.39 is 0 Å². The van der Waals surface area contributed by atoms with Gasteiger partial charge >= 0.3 is 0 Å². The normalized spacial score (nSPS) is 9.20. The molecule has 2 aromatic rings. The Bertz CT molecular complexity index is 622. The summed E-state index contributed by atoms with van der Waals surface area (Å²) in [7, 11) is 0. The molecule has 0 fully saturated rings. The Kier molecular flexibility index (Phi) is 11.9. The number of carbonyl (C=O) groups is 2. The maximum Gasteiger partial charge on any atom is 0.159 e. The Hall–Kier alpha value is -2.22. The van der Waals surface area contributed by atoms with Crippen LogP contribution in [0.4, 0.5) is 0 Å². The second-order valence-electron chi connectivity index (χ2n) is 6.00. The molecule has 0 unspecified atom stereocenters. The third-order valence-electron chi connectivity index (χ3n) is 3.80. The van der Waals surface area contributed by atoms with Gasteiger partial charge in [0.1, 0.15) is 5.78 Å². The minimum Gasteiger partial charge on any atom is -0.300 e. The van der Waals surface area contributed by atoms with Gasteiger partial charge in [0.25, 0.3) is 0 Å². The van der Waals surface area contributed by atoms with Gasteiger partial charge in [-0.25, -0.2) is 0 Å². The van der Waals surface area contributed by atoms with Gasteiger partial charge in [0.2, 0.25) is 0 Å². The van der Waals surface area contributed by atoms with Crippen LogP contribution in [0.3, 0.4) is 0 Å².